The summed E-state index contributed by atoms with van der Waals surface area (Å²) in [5.41, 5.74) is 3.59. The standard InChI is InChI=1S/C18H22N2O/c1-15-6-5-9-17(12-15)14-20-18(21)10-11-19-13-16-7-3-2-4-8-16/h2-9,12,19H,10-11,13-14H2,1H3,(H,20,21). The maximum atomic E-state index is 11.8. The van der Waals surface area contributed by atoms with E-state index < -0.39 is 0 Å². The average molecular weight is 282 g/mol. The molecule has 2 rings (SSSR count). The Morgan fingerprint density at radius 1 is 0.952 bits per heavy atom. The first-order valence-electron chi connectivity index (χ1n) is 7.31. The molecule has 2 aromatic carbocycles. The summed E-state index contributed by atoms with van der Waals surface area (Å²) in [6.07, 6.45) is 0.499. The first kappa shape index (κ1) is 15.3. The van der Waals surface area contributed by atoms with Crippen LogP contribution in [0.1, 0.15) is 23.1 Å². The zero-order valence-electron chi connectivity index (χ0n) is 12.4. The number of hydrogen-bond acceptors (Lipinski definition) is 2. The van der Waals surface area contributed by atoms with Crippen molar-refractivity contribution in [2.24, 2.45) is 0 Å². The van der Waals surface area contributed by atoms with Gasteiger partial charge in [-0.2, -0.15) is 0 Å². The molecule has 0 saturated heterocycles. The number of benzene rings is 2. The first-order valence-corrected chi connectivity index (χ1v) is 7.31. The third-order valence-corrected chi connectivity index (χ3v) is 3.27. The molecule has 3 nitrogen and oxygen atoms in total. The van der Waals surface area contributed by atoms with Gasteiger partial charge in [0.15, 0.2) is 0 Å². The number of carbonyl (C=O) groups excluding carboxylic acids is 1. The lowest BCUT2D eigenvalue weighted by Crippen LogP contribution is -2.27. The molecule has 0 fully saturated rings. The van der Waals surface area contributed by atoms with Crippen LogP contribution in [-0.4, -0.2) is 12.5 Å². The predicted octanol–water partition coefficient (Wildman–Crippen LogP) is 2.79. The molecule has 0 bridgehead atoms. The normalized spacial score (nSPS) is 10.3. The van der Waals surface area contributed by atoms with Gasteiger partial charge in [-0.05, 0) is 18.1 Å². The van der Waals surface area contributed by atoms with E-state index in [1.807, 2.05) is 30.3 Å². The number of amides is 1. The van der Waals surface area contributed by atoms with Gasteiger partial charge in [-0.3, -0.25) is 4.79 Å². The molecule has 0 unspecified atom stereocenters. The van der Waals surface area contributed by atoms with Crippen molar-refractivity contribution in [1.82, 2.24) is 10.6 Å². The van der Waals surface area contributed by atoms with Crippen LogP contribution in [0.2, 0.25) is 0 Å². The molecule has 0 saturated carbocycles. The van der Waals surface area contributed by atoms with Crippen LogP contribution in [0.3, 0.4) is 0 Å². The summed E-state index contributed by atoms with van der Waals surface area (Å²) < 4.78 is 0. The van der Waals surface area contributed by atoms with E-state index in [4.69, 9.17) is 0 Å². The van der Waals surface area contributed by atoms with E-state index in [1.54, 1.807) is 0 Å². The van der Waals surface area contributed by atoms with Crippen molar-refractivity contribution in [2.45, 2.75) is 26.4 Å². The topological polar surface area (TPSA) is 41.1 Å². The van der Waals surface area contributed by atoms with Gasteiger partial charge >= 0.3 is 0 Å². The van der Waals surface area contributed by atoms with E-state index in [1.165, 1.54) is 11.1 Å². The van der Waals surface area contributed by atoms with Crippen molar-refractivity contribution >= 4 is 5.91 Å². The van der Waals surface area contributed by atoms with Crippen molar-refractivity contribution in [3.63, 3.8) is 0 Å². The van der Waals surface area contributed by atoms with Gasteiger partial charge in [-0.25, -0.2) is 0 Å². The zero-order chi connectivity index (χ0) is 14.9. The molecule has 1 amide bonds. The van der Waals surface area contributed by atoms with Gasteiger partial charge < -0.3 is 10.6 Å². The predicted molar refractivity (Wildman–Crippen MR) is 85.8 cm³/mol. The molecule has 0 aliphatic heterocycles. The minimum absolute atomic E-state index is 0.0806. The van der Waals surface area contributed by atoms with E-state index in [0.717, 1.165) is 12.1 Å². The first-order chi connectivity index (χ1) is 10.2. The van der Waals surface area contributed by atoms with Gasteiger partial charge in [0.25, 0.3) is 0 Å². The molecule has 0 aliphatic rings. The Morgan fingerprint density at radius 3 is 2.48 bits per heavy atom. The van der Waals surface area contributed by atoms with Gasteiger partial charge in [-0.15, -0.1) is 0 Å². The molecule has 110 valence electrons. The summed E-state index contributed by atoms with van der Waals surface area (Å²) in [6, 6.07) is 18.4. The fourth-order valence-corrected chi connectivity index (χ4v) is 2.14. The minimum atomic E-state index is 0.0806. The molecule has 21 heavy (non-hydrogen) atoms. The van der Waals surface area contributed by atoms with Crippen LogP contribution in [0.4, 0.5) is 0 Å². The maximum Gasteiger partial charge on any atom is 0.221 e. The van der Waals surface area contributed by atoms with Crippen LogP contribution in [0.5, 0.6) is 0 Å². The molecule has 3 heteroatoms. The van der Waals surface area contributed by atoms with Crippen LogP contribution < -0.4 is 10.6 Å². The second kappa shape index (κ2) is 8.22. The number of rotatable bonds is 7. The number of aryl methyl sites for hydroxylation is 1. The van der Waals surface area contributed by atoms with Gasteiger partial charge in [0, 0.05) is 26.1 Å². The summed E-state index contributed by atoms with van der Waals surface area (Å²) >= 11 is 0. The molecule has 2 aromatic rings. The van der Waals surface area contributed by atoms with Gasteiger partial charge in [0.1, 0.15) is 0 Å². The van der Waals surface area contributed by atoms with Crippen LogP contribution in [0.25, 0.3) is 0 Å². The highest BCUT2D eigenvalue weighted by Crippen LogP contribution is 2.03. The molecular formula is C18H22N2O. The molecule has 0 aromatic heterocycles. The van der Waals surface area contributed by atoms with Crippen molar-refractivity contribution in [3.8, 4) is 0 Å². The van der Waals surface area contributed by atoms with E-state index in [0.29, 0.717) is 19.5 Å². The largest absolute Gasteiger partial charge is 0.352 e. The summed E-state index contributed by atoms with van der Waals surface area (Å²) in [4.78, 5) is 11.8. The van der Waals surface area contributed by atoms with E-state index in [9.17, 15) is 4.79 Å². The lowest BCUT2D eigenvalue weighted by Gasteiger charge is -2.07. The molecule has 2 N–H and O–H groups in total. The highest BCUT2D eigenvalue weighted by atomic mass is 16.1. The van der Waals surface area contributed by atoms with Crippen LogP contribution in [0, 0.1) is 6.92 Å². The lowest BCUT2D eigenvalue weighted by atomic mass is 10.1. The Bertz CT molecular complexity index is 566. The Balaban J connectivity index is 1.62. The smallest absolute Gasteiger partial charge is 0.221 e. The molecule has 0 radical (unpaired) electrons. The van der Waals surface area contributed by atoms with Gasteiger partial charge in [0.05, 0.1) is 0 Å². The summed E-state index contributed by atoms with van der Waals surface area (Å²) in [7, 11) is 0. The maximum absolute atomic E-state index is 11.8. The Labute approximate surface area is 126 Å². The van der Waals surface area contributed by atoms with Crippen molar-refractivity contribution < 1.29 is 4.79 Å². The fraction of sp³-hybridized carbons (Fsp3) is 0.278. The van der Waals surface area contributed by atoms with E-state index in [2.05, 4.69) is 41.8 Å². The Morgan fingerprint density at radius 2 is 1.71 bits per heavy atom. The van der Waals surface area contributed by atoms with Crippen LogP contribution in [0.15, 0.2) is 54.6 Å². The number of nitrogens with one attached hydrogen (secondary N) is 2. The highest BCUT2D eigenvalue weighted by molar-refractivity contribution is 5.76. The number of carbonyl (C=O) groups is 1. The van der Waals surface area contributed by atoms with Crippen LogP contribution in [-0.2, 0) is 17.9 Å². The summed E-state index contributed by atoms with van der Waals surface area (Å²) in [5.74, 6) is 0.0806. The monoisotopic (exact) mass is 282 g/mol. The minimum Gasteiger partial charge on any atom is -0.352 e. The third kappa shape index (κ3) is 5.79. The van der Waals surface area contributed by atoms with Crippen LogP contribution >= 0.6 is 0 Å². The molecule has 0 spiro atoms. The SMILES string of the molecule is Cc1cccc(CNC(=O)CCNCc2ccccc2)c1. The molecule has 0 atom stereocenters. The zero-order valence-corrected chi connectivity index (χ0v) is 12.4. The average Bonchev–Trinajstić information content (AvgIpc) is 2.51. The third-order valence-electron chi connectivity index (χ3n) is 3.27. The second-order valence-electron chi connectivity index (χ2n) is 5.18. The van der Waals surface area contributed by atoms with Gasteiger partial charge in [-0.1, -0.05) is 60.2 Å². The fourth-order valence-electron chi connectivity index (χ4n) is 2.14. The van der Waals surface area contributed by atoms with E-state index >= 15 is 0 Å². The van der Waals surface area contributed by atoms with E-state index in [-0.39, 0.29) is 5.91 Å². The highest BCUT2D eigenvalue weighted by Gasteiger charge is 2.01. The van der Waals surface area contributed by atoms with Crippen molar-refractivity contribution in [2.75, 3.05) is 6.54 Å². The Hall–Kier alpha value is -2.13. The Kier molecular flexibility index (Phi) is 5.98. The van der Waals surface area contributed by atoms with Crippen molar-refractivity contribution in [1.29, 1.82) is 0 Å². The lowest BCUT2D eigenvalue weighted by molar-refractivity contribution is -0.121. The molecule has 0 aliphatic carbocycles. The summed E-state index contributed by atoms with van der Waals surface area (Å²) in [5, 5.41) is 6.22. The molecule has 0 heterocycles. The number of hydrogen-bond donors (Lipinski definition) is 2. The second-order valence-corrected chi connectivity index (χ2v) is 5.18. The molecular weight excluding hydrogens is 260 g/mol. The summed E-state index contributed by atoms with van der Waals surface area (Å²) in [6.45, 7) is 4.14. The van der Waals surface area contributed by atoms with Gasteiger partial charge in [0.2, 0.25) is 5.91 Å². The van der Waals surface area contributed by atoms with Crippen molar-refractivity contribution in [3.05, 3.63) is 71.3 Å². The quantitative estimate of drug-likeness (QED) is 0.767.